The number of rotatable bonds is 3. The molecule has 2 aromatic carbocycles. The van der Waals surface area contributed by atoms with Gasteiger partial charge in [-0.15, -0.1) is 0 Å². The highest BCUT2D eigenvalue weighted by Gasteiger charge is 2.06. The number of benzene rings is 2. The van der Waals surface area contributed by atoms with E-state index in [1.165, 1.54) is 6.07 Å². The average molecular weight is 329 g/mol. The molecule has 0 aliphatic heterocycles. The molecule has 0 bridgehead atoms. The van der Waals surface area contributed by atoms with Crippen molar-refractivity contribution in [1.29, 1.82) is 0 Å². The van der Waals surface area contributed by atoms with Crippen LogP contribution >= 0.6 is 27.5 Å². The lowest BCUT2D eigenvalue weighted by atomic mass is 10.2. The first-order valence-corrected chi connectivity index (χ1v) is 6.68. The Labute approximate surface area is 119 Å². The molecule has 2 rings (SSSR count). The number of hydrogen-bond donors (Lipinski definition) is 1. The fourth-order valence-corrected chi connectivity index (χ4v) is 2.23. The molecule has 94 valence electrons. The number of nitrogens with one attached hydrogen (secondary N) is 1. The van der Waals surface area contributed by atoms with Crippen molar-refractivity contribution in [3.05, 3.63) is 62.8 Å². The second-order valence-electron chi connectivity index (χ2n) is 4.05. The first-order valence-electron chi connectivity index (χ1n) is 5.51. The second kappa shape index (κ2) is 5.72. The zero-order chi connectivity index (χ0) is 13.1. The van der Waals surface area contributed by atoms with Gasteiger partial charge in [0.1, 0.15) is 5.82 Å². The fraction of sp³-hybridized carbons (Fsp3) is 0.143. The van der Waals surface area contributed by atoms with Gasteiger partial charge in [-0.05, 0) is 52.2 Å². The van der Waals surface area contributed by atoms with E-state index in [1.54, 1.807) is 6.07 Å². The molecule has 0 radical (unpaired) electrons. The first-order chi connectivity index (χ1) is 8.58. The molecule has 0 fully saturated rings. The molecule has 0 aliphatic carbocycles. The van der Waals surface area contributed by atoms with Crippen LogP contribution in [-0.2, 0) is 6.54 Å². The summed E-state index contributed by atoms with van der Waals surface area (Å²) < 4.78 is 14.3. The summed E-state index contributed by atoms with van der Waals surface area (Å²) in [4.78, 5) is 0. The summed E-state index contributed by atoms with van der Waals surface area (Å²) in [5, 5.41) is 3.41. The number of halogens is 3. The molecule has 0 aliphatic rings. The lowest BCUT2D eigenvalue weighted by molar-refractivity contribution is 0.626. The normalized spacial score (nSPS) is 10.4. The van der Waals surface area contributed by atoms with E-state index in [2.05, 4.69) is 21.2 Å². The quantitative estimate of drug-likeness (QED) is 0.820. The maximum Gasteiger partial charge on any atom is 0.142 e. The highest BCUT2D eigenvalue weighted by Crippen LogP contribution is 2.25. The maximum absolute atomic E-state index is 13.3. The van der Waals surface area contributed by atoms with Gasteiger partial charge in [-0.25, -0.2) is 4.39 Å². The molecule has 0 amide bonds. The first kappa shape index (κ1) is 13.4. The van der Waals surface area contributed by atoms with Crippen molar-refractivity contribution < 1.29 is 4.39 Å². The SMILES string of the molecule is Cc1ccc(Br)c(NCc2cccc(F)c2Cl)c1. The molecule has 2 aromatic rings. The fourth-order valence-electron chi connectivity index (χ4n) is 1.65. The predicted octanol–water partition coefficient (Wildman–Crippen LogP) is 5.16. The zero-order valence-corrected chi connectivity index (χ0v) is 12.1. The molecular formula is C14H12BrClFN. The van der Waals surface area contributed by atoms with Crippen LogP contribution in [0.1, 0.15) is 11.1 Å². The van der Waals surface area contributed by atoms with E-state index in [4.69, 9.17) is 11.6 Å². The van der Waals surface area contributed by atoms with Crippen molar-refractivity contribution >= 4 is 33.2 Å². The average Bonchev–Trinajstić information content (AvgIpc) is 2.35. The third-order valence-electron chi connectivity index (χ3n) is 2.62. The minimum absolute atomic E-state index is 0.175. The summed E-state index contributed by atoms with van der Waals surface area (Å²) in [5.41, 5.74) is 2.87. The highest BCUT2D eigenvalue weighted by molar-refractivity contribution is 9.10. The van der Waals surface area contributed by atoms with E-state index >= 15 is 0 Å². The van der Waals surface area contributed by atoms with Crippen molar-refractivity contribution in [2.45, 2.75) is 13.5 Å². The van der Waals surface area contributed by atoms with Gasteiger partial charge >= 0.3 is 0 Å². The Hall–Kier alpha value is -1.06. The third kappa shape index (κ3) is 3.03. The van der Waals surface area contributed by atoms with Crippen LogP contribution in [0.2, 0.25) is 5.02 Å². The molecule has 18 heavy (non-hydrogen) atoms. The third-order valence-corrected chi connectivity index (χ3v) is 3.74. The van der Waals surface area contributed by atoms with Gasteiger partial charge in [-0.2, -0.15) is 0 Å². The van der Waals surface area contributed by atoms with Crippen molar-refractivity contribution in [2.75, 3.05) is 5.32 Å². The van der Waals surface area contributed by atoms with Gasteiger partial charge in [0.05, 0.1) is 5.02 Å². The van der Waals surface area contributed by atoms with Crippen LogP contribution in [0.5, 0.6) is 0 Å². The molecule has 0 spiro atoms. The Morgan fingerprint density at radius 3 is 2.83 bits per heavy atom. The summed E-state index contributed by atoms with van der Waals surface area (Å²) in [6, 6.07) is 10.8. The molecule has 0 aromatic heterocycles. The largest absolute Gasteiger partial charge is 0.380 e. The summed E-state index contributed by atoms with van der Waals surface area (Å²) in [7, 11) is 0. The Bertz CT molecular complexity index is 570. The van der Waals surface area contributed by atoms with Crippen LogP contribution in [-0.4, -0.2) is 0 Å². The van der Waals surface area contributed by atoms with Crippen LogP contribution < -0.4 is 5.32 Å². The maximum atomic E-state index is 13.3. The summed E-state index contributed by atoms with van der Waals surface area (Å²) >= 11 is 9.37. The van der Waals surface area contributed by atoms with Crippen molar-refractivity contribution in [3.63, 3.8) is 0 Å². The predicted molar refractivity (Wildman–Crippen MR) is 77.6 cm³/mol. The van der Waals surface area contributed by atoms with E-state index in [1.807, 2.05) is 31.2 Å². The van der Waals surface area contributed by atoms with E-state index in [0.29, 0.717) is 6.54 Å². The molecule has 0 atom stereocenters. The monoisotopic (exact) mass is 327 g/mol. The van der Waals surface area contributed by atoms with Crippen molar-refractivity contribution in [2.24, 2.45) is 0 Å². The Kier molecular flexibility index (Phi) is 4.25. The van der Waals surface area contributed by atoms with Gasteiger partial charge in [0, 0.05) is 16.7 Å². The molecule has 0 unspecified atom stereocenters. The van der Waals surface area contributed by atoms with Crippen LogP contribution in [0, 0.1) is 12.7 Å². The molecule has 1 nitrogen and oxygen atoms in total. The topological polar surface area (TPSA) is 12.0 Å². The molecule has 0 saturated carbocycles. The highest BCUT2D eigenvalue weighted by atomic mass is 79.9. The number of hydrogen-bond acceptors (Lipinski definition) is 1. The van der Waals surface area contributed by atoms with Crippen LogP contribution in [0.25, 0.3) is 0 Å². The lowest BCUT2D eigenvalue weighted by Crippen LogP contribution is -2.01. The Balaban J connectivity index is 2.16. The van der Waals surface area contributed by atoms with Crippen LogP contribution in [0.3, 0.4) is 0 Å². The van der Waals surface area contributed by atoms with E-state index in [0.717, 1.165) is 21.3 Å². The molecule has 4 heteroatoms. The zero-order valence-electron chi connectivity index (χ0n) is 9.81. The van der Waals surface area contributed by atoms with Gasteiger partial charge in [0.25, 0.3) is 0 Å². The number of aryl methyl sites for hydroxylation is 1. The van der Waals surface area contributed by atoms with E-state index in [-0.39, 0.29) is 10.8 Å². The standard InChI is InChI=1S/C14H12BrClFN/c1-9-5-6-11(15)13(7-9)18-8-10-3-2-4-12(17)14(10)16/h2-7,18H,8H2,1H3. The molecule has 1 N–H and O–H groups in total. The van der Waals surface area contributed by atoms with Crippen LogP contribution in [0.4, 0.5) is 10.1 Å². The molecular weight excluding hydrogens is 317 g/mol. The van der Waals surface area contributed by atoms with Crippen molar-refractivity contribution in [1.82, 2.24) is 0 Å². The van der Waals surface area contributed by atoms with Crippen molar-refractivity contribution in [3.8, 4) is 0 Å². The van der Waals surface area contributed by atoms with Gasteiger partial charge in [-0.1, -0.05) is 29.8 Å². The van der Waals surface area contributed by atoms with E-state index < -0.39 is 0 Å². The smallest absolute Gasteiger partial charge is 0.142 e. The summed E-state index contributed by atoms with van der Waals surface area (Å²) in [5.74, 6) is -0.390. The van der Waals surface area contributed by atoms with Gasteiger partial charge in [-0.3, -0.25) is 0 Å². The van der Waals surface area contributed by atoms with E-state index in [9.17, 15) is 4.39 Å². The molecule has 0 saturated heterocycles. The Morgan fingerprint density at radius 2 is 2.06 bits per heavy atom. The van der Waals surface area contributed by atoms with Gasteiger partial charge in [0.2, 0.25) is 0 Å². The summed E-state index contributed by atoms with van der Waals surface area (Å²) in [6.07, 6.45) is 0. The van der Waals surface area contributed by atoms with Crippen LogP contribution in [0.15, 0.2) is 40.9 Å². The minimum Gasteiger partial charge on any atom is -0.380 e. The Morgan fingerprint density at radius 1 is 1.28 bits per heavy atom. The molecule has 0 heterocycles. The lowest BCUT2D eigenvalue weighted by Gasteiger charge is -2.11. The summed E-state index contributed by atoms with van der Waals surface area (Å²) in [6.45, 7) is 2.51. The van der Waals surface area contributed by atoms with Gasteiger partial charge in [0.15, 0.2) is 0 Å². The minimum atomic E-state index is -0.390. The number of anilines is 1. The second-order valence-corrected chi connectivity index (χ2v) is 5.28. The van der Waals surface area contributed by atoms with Gasteiger partial charge < -0.3 is 5.32 Å².